The molecular weight excluding hydrogens is 605 g/mol. The maximum Gasteiger partial charge on any atom is 0.0645 e. The van der Waals surface area contributed by atoms with Crippen LogP contribution in [0.15, 0.2) is 206 Å². The largest absolute Gasteiger partial charge is 0.310 e. The highest BCUT2D eigenvalue weighted by Crippen LogP contribution is 2.46. The van der Waals surface area contributed by atoms with Crippen LogP contribution in [0.1, 0.15) is 6.85 Å². The molecule has 0 N–H and O–H groups in total. The second-order valence-corrected chi connectivity index (χ2v) is 12.2. The molecule has 2 nitrogen and oxygen atoms in total. The van der Waals surface area contributed by atoms with Crippen molar-refractivity contribution in [3.63, 3.8) is 0 Å². The monoisotopic (exact) mass is 643 g/mol. The van der Waals surface area contributed by atoms with Crippen LogP contribution in [-0.4, -0.2) is 4.57 Å². The van der Waals surface area contributed by atoms with Gasteiger partial charge in [0.1, 0.15) is 0 Å². The third kappa shape index (κ3) is 5.24. The Morgan fingerprint density at radius 3 is 1.78 bits per heavy atom. The zero-order valence-electron chi connectivity index (χ0n) is 32.1. The molecule has 0 aliphatic heterocycles. The number of rotatable bonds is 7. The van der Waals surface area contributed by atoms with E-state index in [-0.39, 0.29) is 29.9 Å². The van der Waals surface area contributed by atoms with Crippen molar-refractivity contribution in [1.29, 1.82) is 0 Å². The van der Waals surface area contributed by atoms with Crippen molar-refractivity contribution in [2.24, 2.45) is 0 Å². The Morgan fingerprint density at radius 1 is 0.420 bits per heavy atom. The van der Waals surface area contributed by atoms with Crippen LogP contribution in [0.2, 0.25) is 0 Å². The van der Waals surface area contributed by atoms with E-state index < -0.39 is 6.04 Å². The van der Waals surface area contributed by atoms with E-state index in [9.17, 15) is 0 Å². The van der Waals surface area contributed by atoms with Crippen LogP contribution in [0.5, 0.6) is 0 Å². The summed E-state index contributed by atoms with van der Waals surface area (Å²) in [6.45, 7) is 0. The first kappa shape index (κ1) is 24.5. The normalized spacial score (nSPS) is 12.6. The number of fused-ring (bicyclic) bond motifs is 3. The van der Waals surface area contributed by atoms with Gasteiger partial charge in [0, 0.05) is 33.4 Å². The third-order valence-electron chi connectivity index (χ3n) is 9.29. The first-order valence-corrected chi connectivity index (χ1v) is 16.7. The number of hydrogen-bond acceptors (Lipinski definition) is 1. The minimum atomic E-state index is -0.414. The molecule has 9 rings (SSSR count). The zero-order chi connectivity index (χ0) is 37.6. The first-order chi connectivity index (χ1) is 26.9. The molecule has 1 aromatic heterocycles. The van der Waals surface area contributed by atoms with E-state index in [1.807, 2.05) is 59.2 Å². The lowest BCUT2D eigenvalue weighted by Crippen LogP contribution is -2.11. The summed E-state index contributed by atoms with van der Waals surface area (Å²) in [6.07, 6.45) is 0. The van der Waals surface area contributed by atoms with Gasteiger partial charge in [0.05, 0.1) is 23.6 Å². The lowest BCUT2D eigenvalue weighted by molar-refractivity contribution is 1.18. The summed E-state index contributed by atoms with van der Waals surface area (Å²) in [6, 6.07) is 58.7. The molecule has 0 bridgehead atoms. The van der Waals surface area contributed by atoms with Gasteiger partial charge in [-0.15, -0.1) is 0 Å². The number of anilines is 3. The van der Waals surface area contributed by atoms with Gasteiger partial charge in [0.15, 0.2) is 0 Å². The standard InChI is InChI=1S/C48H34N2/c1-4-16-35(17-5-1)37-30-32-40(33-31-37)49(41-23-14-20-38(34-41)36-18-6-2-7-19-36)45-27-12-10-24-42(45)43-26-15-29-47-48(43)44-25-11-13-28-46(44)50(47)39-21-8-3-9-22-39/h1-34H/i3D,8D,9D,21D,22D. The number of benzene rings is 8. The van der Waals surface area contributed by atoms with Crippen LogP contribution in [0.4, 0.5) is 17.1 Å². The highest BCUT2D eigenvalue weighted by atomic mass is 15.1. The summed E-state index contributed by atoms with van der Waals surface area (Å²) in [7, 11) is 0. The minimum Gasteiger partial charge on any atom is -0.310 e. The fraction of sp³-hybridized carbons (Fsp3) is 0. The average molecular weight is 644 g/mol. The Labute approximate surface area is 299 Å². The van der Waals surface area contributed by atoms with Crippen molar-refractivity contribution in [3.05, 3.63) is 206 Å². The molecule has 0 amide bonds. The Balaban J connectivity index is 1.30. The van der Waals surface area contributed by atoms with Gasteiger partial charge >= 0.3 is 0 Å². The van der Waals surface area contributed by atoms with Gasteiger partial charge in [-0.25, -0.2) is 0 Å². The van der Waals surface area contributed by atoms with Crippen LogP contribution >= 0.6 is 0 Å². The Bertz CT molecular complexity index is 2840. The molecular formula is C48H34N2. The van der Waals surface area contributed by atoms with E-state index >= 15 is 0 Å². The third-order valence-corrected chi connectivity index (χ3v) is 9.29. The summed E-state index contributed by atoms with van der Waals surface area (Å²) >= 11 is 0. The highest BCUT2D eigenvalue weighted by Gasteiger charge is 2.21. The zero-order valence-corrected chi connectivity index (χ0v) is 27.1. The molecule has 0 radical (unpaired) electrons. The molecule has 50 heavy (non-hydrogen) atoms. The highest BCUT2D eigenvalue weighted by molar-refractivity contribution is 6.17. The summed E-state index contributed by atoms with van der Waals surface area (Å²) in [5.41, 5.74) is 11.0. The predicted molar refractivity (Wildman–Crippen MR) is 212 cm³/mol. The molecule has 0 atom stereocenters. The molecule has 2 heteroatoms. The van der Waals surface area contributed by atoms with Gasteiger partial charge in [-0.3, -0.25) is 0 Å². The maximum atomic E-state index is 8.91. The fourth-order valence-corrected chi connectivity index (χ4v) is 7.05. The molecule has 9 aromatic rings. The fourth-order valence-electron chi connectivity index (χ4n) is 7.05. The summed E-state index contributed by atoms with van der Waals surface area (Å²) < 4.78 is 44.8. The van der Waals surface area contributed by atoms with E-state index in [0.29, 0.717) is 0 Å². The smallest absolute Gasteiger partial charge is 0.0645 e. The van der Waals surface area contributed by atoms with Crippen molar-refractivity contribution in [2.75, 3.05) is 4.90 Å². The van der Waals surface area contributed by atoms with Gasteiger partial charge in [-0.2, -0.15) is 0 Å². The van der Waals surface area contributed by atoms with Gasteiger partial charge in [0.2, 0.25) is 0 Å². The van der Waals surface area contributed by atoms with Crippen molar-refractivity contribution >= 4 is 38.9 Å². The van der Waals surface area contributed by atoms with Crippen LogP contribution in [0.3, 0.4) is 0 Å². The molecule has 1 heterocycles. The molecule has 236 valence electrons. The van der Waals surface area contributed by atoms with E-state index in [4.69, 9.17) is 6.85 Å². The van der Waals surface area contributed by atoms with Crippen molar-refractivity contribution < 1.29 is 6.85 Å². The van der Waals surface area contributed by atoms with Crippen LogP contribution in [0.25, 0.3) is 60.9 Å². The molecule has 0 saturated carbocycles. The Kier molecular flexibility index (Phi) is 6.25. The van der Waals surface area contributed by atoms with E-state index in [1.54, 1.807) is 0 Å². The van der Waals surface area contributed by atoms with E-state index in [0.717, 1.165) is 72.2 Å². The molecule has 0 aliphatic carbocycles. The van der Waals surface area contributed by atoms with Crippen molar-refractivity contribution in [1.82, 2.24) is 4.57 Å². The first-order valence-electron chi connectivity index (χ1n) is 19.2. The molecule has 0 unspecified atom stereocenters. The average Bonchev–Trinajstić information content (AvgIpc) is 3.58. The van der Waals surface area contributed by atoms with Crippen LogP contribution in [-0.2, 0) is 0 Å². The molecule has 0 aliphatic rings. The minimum absolute atomic E-state index is 0.125. The number of aromatic nitrogens is 1. The summed E-state index contributed by atoms with van der Waals surface area (Å²) in [5.74, 6) is 0. The lowest BCUT2D eigenvalue weighted by atomic mass is 9.96. The van der Waals surface area contributed by atoms with Crippen molar-refractivity contribution in [2.45, 2.75) is 0 Å². The van der Waals surface area contributed by atoms with Gasteiger partial charge in [-0.1, -0.05) is 152 Å². The van der Waals surface area contributed by atoms with E-state index in [2.05, 4.69) is 126 Å². The summed E-state index contributed by atoms with van der Waals surface area (Å²) in [5, 5.41) is 1.84. The number of para-hydroxylation sites is 3. The van der Waals surface area contributed by atoms with Crippen LogP contribution < -0.4 is 4.90 Å². The molecule has 0 fully saturated rings. The quantitative estimate of drug-likeness (QED) is 0.168. The SMILES string of the molecule is [2H]c1c([2H])c([2H])c(-n2c3ccccc3c3c(-c4ccccc4N(c4ccc(-c5ccccc5)cc4)c4cccc(-c5ccccc5)c4)cccc32)c([2H])c1[2H]. The Hall–Kier alpha value is -6.64. The predicted octanol–water partition coefficient (Wildman–Crippen LogP) is 13.3. The Morgan fingerprint density at radius 2 is 1.00 bits per heavy atom. The topological polar surface area (TPSA) is 8.17 Å². The maximum absolute atomic E-state index is 8.91. The van der Waals surface area contributed by atoms with E-state index in [1.165, 1.54) is 0 Å². The van der Waals surface area contributed by atoms with Gasteiger partial charge in [0.25, 0.3) is 0 Å². The second kappa shape index (κ2) is 12.8. The molecule has 8 aromatic carbocycles. The van der Waals surface area contributed by atoms with Gasteiger partial charge < -0.3 is 9.47 Å². The number of nitrogens with zero attached hydrogens (tertiary/aromatic N) is 2. The molecule has 0 saturated heterocycles. The second-order valence-electron chi connectivity index (χ2n) is 12.2. The number of hydrogen-bond donors (Lipinski definition) is 0. The van der Waals surface area contributed by atoms with Crippen LogP contribution in [0, 0.1) is 0 Å². The van der Waals surface area contributed by atoms with Crippen molar-refractivity contribution in [3.8, 4) is 39.1 Å². The van der Waals surface area contributed by atoms with Gasteiger partial charge in [-0.05, 0) is 82.4 Å². The molecule has 0 spiro atoms. The lowest BCUT2D eigenvalue weighted by Gasteiger charge is -2.28. The summed E-state index contributed by atoms with van der Waals surface area (Å²) in [4.78, 5) is 2.30.